The van der Waals surface area contributed by atoms with Gasteiger partial charge in [-0.3, -0.25) is 23.9 Å². The maximum Gasteiger partial charge on any atom is 0.329 e. The van der Waals surface area contributed by atoms with E-state index in [2.05, 4.69) is 10.3 Å². The summed E-state index contributed by atoms with van der Waals surface area (Å²) in [6.07, 6.45) is 0.341. The van der Waals surface area contributed by atoms with Crippen molar-refractivity contribution in [1.29, 1.82) is 0 Å². The molecule has 0 saturated carbocycles. The lowest BCUT2D eigenvalue weighted by molar-refractivity contribution is -0.118. The lowest BCUT2D eigenvalue weighted by atomic mass is 10.2. The Morgan fingerprint density at radius 1 is 1.28 bits per heavy atom. The number of para-hydroxylation sites is 2. The first kappa shape index (κ1) is 20.3. The van der Waals surface area contributed by atoms with Crippen LogP contribution < -0.4 is 27.0 Å². The average molecular weight is 416 g/mol. The highest BCUT2D eigenvalue weighted by Gasteiger charge is 2.21. The Bertz CT molecular complexity index is 1210. The summed E-state index contributed by atoms with van der Waals surface area (Å²) in [6.45, 7) is 1.72. The van der Waals surface area contributed by atoms with Crippen LogP contribution in [0.3, 0.4) is 0 Å². The summed E-state index contributed by atoms with van der Waals surface area (Å²) in [5.41, 5.74) is 4.98. The largest absolute Gasteiger partial charge is 0.495 e. The Balaban J connectivity index is 1.98. The highest BCUT2D eigenvalue weighted by atomic mass is 32.1. The Kier molecular flexibility index (Phi) is 5.83. The molecular weight excluding hydrogens is 396 g/mol. The summed E-state index contributed by atoms with van der Waals surface area (Å²) in [6, 6.07) is 6.96. The Morgan fingerprint density at radius 2 is 2.00 bits per heavy atom. The van der Waals surface area contributed by atoms with Gasteiger partial charge in [-0.2, -0.15) is 0 Å². The average Bonchev–Trinajstić information content (AvgIpc) is 3.01. The fourth-order valence-electron chi connectivity index (χ4n) is 3.01. The minimum Gasteiger partial charge on any atom is -0.495 e. The standard InChI is InChI=1S/C19H20N4O5S/c1-10-14-17(22-19(27)23(18(14)26)9-5-8-13(20)24)29-15(10)16(25)21-11-6-3-4-7-12(11)28-2/h3-4,6-7H,5,8-9H2,1-2H3,(H2,20,24)(H,21,25)(H,22,27). The monoisotopic (exact) mass is 416 g/mol. The van der Waals surface area contributed by atoms with Gasteiger partial charge in [0.1, 0.15) is 10.6 Å². The van der Waals surface area contributed by atoms with Gasteiger partial charge >= 0.3 is 5.69 Å². The van der Waals surface area contributed by atoms with E-state index in [1.807, 2.05) is 0 Å². The number of aromatic amines is 1. The highest BCUT2D eigenvalue weighted by molar-refractivity contribution is 7.20. The van der Waals surface area contributed by atoms with Crippen molar-refractivity contribution in [3.63, 3.8) is 0 Å². The maximum absolute atomic E-state index is 12.8. The zero-order valence-electron chi connectivity index (χ0n) is 15.9. The first-order chi connectivity index (χ1) is 13.8. The molecule has 2 amide bonds. The molecule has 1 aromatic carbocycles. The molecule has 0 radical (unpaired) electrons. The number of carbonyl (C=O) groups excluding carboxylic acids is 2. The third kappa shape index (κ3) is 4.06. The van der Waals surface area contributed by atoms with Crippen molar-refractivity contribution in [2.24, 2.45) is 5.73 Å². The molecule has 9 nitrogen and oxygen atoms in total. The number of methoxy groups -OCH3 is 1. The summed E-state index contributed by atoms with van der Waals surface area (Å²) < 4.78 is 6.25. The number of nitrogens with zero attached hydrogens (tertiary/aromatic N) is 1. The Labute approximate surface area is 169 Å². The van der Waals surface area contributed by atoms with Crippen LogP contribution in [0.2, 0.25) is 0 Å². The van der Waals surface area contributed by atoms with Crippen molar-refractivity contribution < 1.29 is 14.3 Å². The molecule has 0 saturated heterocycles. The van der Waals surface area contributed by atoms with E-state index in [1.54, 1.807) is 31.2 Å². The molecule has 3 rings (SSSR count). The number of hydrogen-bond acceptors (Lipinski definition) is 6. The minimum atomic E-state index is -0.593. The second-order valence-corrected chi connectivity index (χ2v) is 7.39. The Morgan fingerprint density at radius 3 is 2.69 bits per heavy atom. The lowest BCUT2D eigenvalue weighted by Crippen LogP contribution is -2.35. The number of hydrogen-bond donors (Lipinski definition) is 3. The van der Waals surface area contributed by atoms with Gasteiger partial charge in [-0.05, 0) is 31.0 Å². The van der Waals surface area contributed by atoms with Gasteiger partial charge in [-0.15, -0.1) is 11.3 Å². The van der Waals surface area contributed by atoms with Crippen LogP contribution in [0.4, 0.5) is 5.69 Å². The minimum absolute atomic E-state index is 0.0606. The summed E-state index contributed by atoms with van der Waals surface area (Å²) >= 11 is 1.03. The smallest absolute Gasteiger partial charge is 0.329 e. The van der Waals surface area contributed by atoms with Crippen LogP contribution in [0.5, 0.6) is 5.75 Å². The van der Waals surface area contributed by atoms with E-state index in [1.165, 1.54) is 7.11 Å². The summed E-state index contributed by atoms with van der Waals surface area (Å²) in [4.78, 5) is 52.1. The fraction of sp³-hybridized carbons (Fsp3) is 0.263. The molecule has 2 heterocycles. The van der Waals surface area contributed by atoms with Crippen LogP contribution in [0, 0.1) is 6.92 Å². The van der Waals surface area contributed by atoms with Gasteiger partial charge in [0.15, 0.2) is 0 Å². The van der Waals surface area contributed by atoms with Crippen LogP contribution in [0.25, 0.3) is 10.2 Å². The number of H-pyrrole nitrogens is 1. The quantitative estimate of drug-likeness (QED) is 0.537. The molecule has 2 aromatic heterocycles. The topological polar surface area (TPSA) is 136 Å². The molecule has 0 aliphatic carbocycles. The second kappa shape index (κ2) is 8.31. The number of nitrogens with one attached hydrogen (secondary N) is 2. The molecule has 0 bridgehead atoms. The van der Waals surface area contributed by atoms with Gasteiger partial charge in [-0.1, -0.05) is 12.1 Å². The molecule has 10 heteroatoms. The first-order valence-electron chi connectivity index (χ1n) is 8.82. The molecule has 0 aliphatic rings. The van der Waals surface area contributed by atoms with Gasteiger partial charge in [-0.25, -0.2) is 4.79 Å². The predicted octanol–water partition coefficient (Wildman–Crippen LogP) is 1.59. The van der Waals surface area contributed by atoms with Crippen LogP contribution >= 0.6 is 11.3 Å². The molecule has 0 aliphatic heterocycles. The molecule has 0 atom stereocenters. The number of aromatic nitrogens is 2. The van der Waals surface area contributed by atoms with E-state index in [4.69, 9.17) is 10.5 Å². The fourth-order valence-corrected chi connectivity index (χ4v) is 4.09. The summed E-state index contributed by atoms with van der Waals surface area (Å²) in [5.74, 6) is -0.406. The van der Waals surface area contributed by atoms with Gasteiger partial charge in [0, 0.05) is 13.0 Å². The zero-order valence-corrected chi connectivity index (χ0v) is 16.7. The maximum atomic E-state index is 12.8. The van der Waals surface area contributed by atoms with Crippen molar-refractivity contribution in [3.05, 3.63) is 55.5 Å². The summed E-state index contributed by atoms with van der Waals surface area (Å²) in [7, 11) is 1.50. The molecule has 0 spiro atoms. The van der Waals surface area contributed by atoms with E-state index < -0.39 is 23.1 Å². The van der Waals surface area contributed by atoms with Gasteiger partial charge in [0.25, 0.3) is 11.5 Å². The second-order valence-electron chi connectivity index (χ2n) is 6.37. The van der Waals surface area contributed by atoms with Crippen LogP contribution in [-0.2, 0) is 11.3 Å². The van der Waals surface area contributed by atoms with Gasteiger partial charge in [0.05, 0.1) is 23.1 Å². The SMILES string of the molecule is COc1ccccc1NC(=O)c1sc2[nH]c(=O)n(CCCC(N)=O)c(=O)c2c1C. The number of nitrogens with two attached hydrogens (primary N) is 1. The number of ether oxygens (including phenoxy) is 1. The van der Waals surface area contributed by atoms with E-state index in [9.17, 15) is 19.2 Å². The van der Waals surface area contributed by atoms with E-state index in [0.717, 1.165) is 15.9 Å². The molecule has 4 N–H and O–H groups in total. The highest BCUT2D eigenvalue weighted by Crippen LogP contribution is 2.29. The van der Waals surface area contributed by atoms with Crippen molar-refractivity contribution in [2.45, 2.75) is 26.3 Å². The summed E-state index contributed by atoms with van der Waals surface area (Å²) in [5, 5.41) is 3.05. The van der Waals surface area contributed by atoms with Crippen LogP contribution in [0.15, 0.2) is 33.9 Å². The number of carbonyl (C=O) groups is 2. The number of thiophene rings is 1. The molecular formula is C19H20N4O5S. The predicted molar refractivity (Wildman–Crippen MR) is 111 cm³/mol. The van der Waals surface area contributed by atoms with Crippen molar-refractivity contribution >= 4 is 39.1 Å². The lowest BCUT2D eigenvalue weighted by Gasteiger charge is -2.09. The normalized spacial score (nSPS) is 10.8. The van der Waals surface area contributed by atoms with Crippen molar-refractivity contribution in [1.82, 2.24) is 9.55 Å². The van der Waals surface area contributed by atoms with Crippen molar-refractivity contribution in [2.75, 3.05) is 12.4 Å². The number of primary amides is 1. The number of amides is 2. The number of aryl methyl sites for hydroxylation is 1. The zero-order chi connectivity index (χ0) is 21.1. The number of rotatable bonds is 7. The molecule has 0 fully saturated rings. The molecule has 0 unspecified atom stereocenters. The van der Waals surface area contributed by atoms with E-state index in [-0.39, 0.29) is 24.8 Å². The number of benzene rings is 1. The van der Waals surface area contributed by atoms with Crippen molar-refractivity contribution in [3.8, 4) is 5.75 Å². The van der Waals surface area contributed by atoms with Crippen LogP contribution in [-0.4, -0.2) is 28.5 Å². The third-order valence-electron chi connectivity index (χ3n) is 4.44. The molecule has 3 aromatic rings. The van der Waals surface area contributed by atoms with Gasteiger partial charge in [0.2, 0.25) is 5.91 Å². The first-order valence-corrected chi connectivity index (χ1v) is 9.64. The van der Waals surface area contributed by atoms with Crippen LogP contribution in [0.1, 0.15) is 28.1 Å². The van der Waals surface area contributed by atoms with E-state index in [0.29, 0.717) is 26.7 Å². The molecule has 152 valence electrons. The molecule has 29 heavy (non-hydrogen) atoms. The number of anilines is 1. The number of fused-ring (bicyclic) bond motifs is 1. The van der Waals surface area contributed by atoms with Gasteiger partial charge < -0.3 is 15.8 Å². The third-order valence-corrected chi connectivity index (χ3v) is 5.64. The van der Waals surface area contributed by atoms with E-state index >= 15 is 0 Å². The Hall–Kier alpha value is -3.40.